The van der Waals surface area contributed by atoms with E-state index in [1.54, 1.807) is 6.26 Å². The predicted molar refractivity (Wildman–Crippen MR) is 90.9 cm³/mol. The minimum atomic E-state index is -0.400. The number of fused-ring (bicyclic) bond motifs is 1. The molecule has 1 aromatic rings. The molecule has 3 rings (SSSR count). The van der Waals surface area contributed by atoms with Crippen molar-refractivity contribution in [3.05, 3.63) is 36.3 Å². The topological polar surface area (TPSA) is 53.6 Å². The molecule has 2 N–H and O–H groups in total. The molecule has 0 bridgehead atoms. The summed E-state index contributed by atoms with van der Waals surface area (Å²) >= 11 is 0. The first-order valence-electron chi connectivity index (χ1n) is 8.81. The van der Waals surface area contributed by atoms with Crippen LogP contribution in [0, 0.1) is 22.7 Å². The van der Waals surface area contributed by atoms with Crippen LogP contribution in [-0.2, 0) is 6.42 Å². The Morgan fingerprint density at radius 1 is 1.30 bits per heavy atom. The SMILES string of the molecule is C=C1C[C@H](O)[C@@H]2C(C)(C)[C@H](O)CC[C@@]2(C)[C@@H]1CCc1ccoc1. The molecule has 0 spiro atoms. The van der Waals surface area contributed by atoms with Crippen molar-refractivity contribution in [1.29, 1.82) is 0 Å². The van der Waals surface area contributed by atoms with Crippen LogP contribution in [-0.4, -0.2) is 22.4 Å². The van der Waals surface area contributed by atoms with E-state index < -0.39 is 6.10 Å². The van der Waals surface area contributed by atoms with Gasteiger partial charge in [0.05, 0.1) is 24.7 Å². The van der Waals surface area contributed by atoms with Gasteiger partial charge in [0, 0.05) is 0 Å². The van der Waals surface area contributed by atoms with Crippen LogP contribution in [0.2, 0.25) is 0 Å². The summed E-state index contributed by atoms with van der Waals surface area (Å²) < 4.78 is 5.18. The van der Waals surface area contributed by atoms with E-state index >= 15 is 0 Å². The number of furan rings is 1. The standard InChI is InChI=1S/C20H30O3/c1-13-11-16(21)18-19(2,3)17(22)7-9-20(18,4)15(13)6-5-14-8-10-23-12-14/h8,10,12,15-18,21-22H,1,5-7,9,11H2,2-4H3/t15-,16+,17-,18-,20+/m1/s1. The molecule has 2 aliphatic carbocycles. The molecule has 0 amide bonds. The maximum Gasteiger partial charge on any atom is 0.0934 e. The van der Waals surface area contributed by atoms with Gasteiger partial charge in [-0.25, -0.2) is 0 Å². The van der Waals surface area contributed by atoms with Gasteiger partial charge in [-0.15, -0.1) is 0 Å². The summed E-state index contributed by atoms with van der Waals surface area (Å²) in [7, 11) is 0. The molecule has 5 atom stereocenters. The monoisotopic (exact) mass is 318 g/mol. The highest BCUT2D eigenvalue weighted by molar-refractivity contribution is 5.20. The largest absolute Gasteiger partial charge is 0.472 e. The van der Waals surface area contributed by atoms with Crippen LogP contribution in [0.5, 0.6) is 0 Å². The van der Waals surface area contributed by atoms with E-state index in [1.165, 1.54) is 11.1 Å². The second kappa shape index (κ2) is 5.78. The van der Waals surface area contributed by atoms with Crippen molar-refractivity contribution in [2.45, 2.75) is 65.1 Å². The molecule has 2 aliphatic rings. The first-order chi connectivity index (χ1) is 10.8. The smallest absolute Gasteiger partial charge is 0.0934 e. The molecule has 2 saturated carbocycles. The van der Waals surface area contributed by atoms with Crippen molar-refractivity contribution in [2.24, 2.45) is 22.7 Å². The number of aliphatic hydroxyl groups excluding tert-OH is 2. The van der Waals surface area contributed by atoms with Gasteiger partial charge in [0.2, 0.25) is 0 Å². The minimum Gasteiger partial charge on any atom is -0.472 e. The molecule has 3 nitrogen and oxygen atoms in total. The van der Waals surface area contributed by atoms with E-state index in [4.69, 9.17) is 4.42 Å². The Morgan fingerprint density at radius 3 is 2.70 bits per heavy atom. The number of hydrogen-bond acceptors (Lipinski definition) is 3. The fourth-order valence-corrected chi connectivity index (χ4v) is 5.63. The summed E-state index contributed by atoms with van der Waals surface area (Å²) in [5, 5.41) is 21.3. The van der Waals surface area contributed by atoms with Gasteiger partial charge in [0.15, 0.2) is 0 Å². The minimum absolute atomic E-state index is 0.00121. The van der Waals surface area contributed by atoms with E-state index in [9.17, 15) is 10.2 Å². The molecule has 23 heavy (non-hydrogen) atoms. The summed E-state index contributed by atoms with van der Waals surface area (Å²) in [6, 6.07) is 2.02. The van der Waals surface area contributed by atoms with Gasteiger partial charge < -0.3 is 14.6 Å². The molecular weight excluding hydrogens is 288 g/mol. The van der Waals surface area contributed by atoms with Gasteiger partial charge in [-0.3, -0.25) is 0 Å². The highest BCUT2D eigenvalue weighted by atomic mass is 16.3. The molecule has 1 heterocycles. The third-order valence-electron chi connectivity index (χ3n) is 6.77. The first kappa shape index (κ1) is 16.8. The second-order valence-corrected chi connectivity index (χ2v) is 8.51. The predicted octanol–water partition coefficient (Wildman–Crippen LogP) is 3.95. The summed E-state index contributed by atoms with van der Waals surface area (Å²) in [6.45, 7) is 10.8. The Labute approximate surface area is 139 Å². The van der Waals surface area contributed by atoms with Crippen molar-refractivity contribution in [2.75, 3.05) is 0 Å². The fraction of sp³-hybridized carbons (Fsp3) is 0.700. The first-order valence-corrected chi connectivity index (χ1v) is 8.81. The third kappa shape index (κ3) is 2.68. The lowest BCUT2D eigenvalue weighted by Gasteiger charge is -2.61. The van der Waals surface area contributed by atoms with Gasteiger partial charge in [-0.2, -0.15) is 0 Å². The number of hydrogen-bond donors (Lipinski definition) is 2. The quantitative estimate of drug-likeness (QED) is 0.830. The molecule has 0 aromatic carbocycles. The Hall–Kier alpha value is -1.06. The average Bonchev–Trinajstić information content (AvgIpc) is 2.95. The van der Waals surface area contributed by atoms with Crippen molar-refractivity contribution in [3.63, 3.8) is 0 Å². The van der Waals surface area contributed by atoms with Gasteiger partial charge in [-0.1, -0.05) is 32.9 Å². The second-order valence-electron chi connectivity index (χ2n) is 8.51. The van der Waals surface area contributed by atoms with Crippen LogP contribution in [0.1, 0.15) is 52.0 Å². The van der Waals surface area contributed by atoms with Crippen LogP contribution >= 0.6 is 0 Å². The van der Waals surface area contributed by atoms with Crippen molar-refractivity contribution >= 4 is 0 Å². The van der Waals surface area contributed by atoms with E-state index in [-0.39, 0.29) is 22.9 Å². The summed E-state index contributed by atoms with van der Waals surface area (Å²) in [5.74, 6) is 0.496. The van der Waals surface area contributed by atoms with Crippen LogP contribution in [0.4, 0.5) is 0 Å². The molecule has 128 valence electrons. The molecular formula is C20H30O3. The maximum absolute atomic E-state index is 10.8. The Morgan fingerprint density at radius 2 is 2.04 bits per heavy atom. The highest BCUT2D eigenvalue weighted by Gasteiger charge is 2.58. The third-order valence-corrected chi connectivity index (χ3v) is 6.77. The molecule has 3 heteroatoms. The van der Waals surface area contributed by atoms with Gasteiger partial charge in [0.25, 0.3) is 0 Å². The van der Waals surface area contributed by atoms with Crippen LogP contribution in [0.25, 0.3) is 0 Å². The van der Waals surface area contributed by atoms with Gasteiger partial charge in [0.1, 0.15) is 0 Å². The Kier molecular flexibility index (Phi) is 4.22. The molecule has 0 unspecified atom stereocenters. The normalized spacial score (nSPS) is 40.0. The summed E-state index contributed by atoms with van der Waals surface area (Å²) in [6.07, 6.45) is 7.22. The van der Waals surface area contributed by atoms with Crippen molar-refractivity contribution < 1.29 is 14.6 Å². The summed E-state index contributed by atoms with van der Waals surface area (Å²) in [5.41, 5.74) is 2.13. The van der Waals surface area contributed by atoms with Gasteiger partial charge in [-0.05, 0) is 66.4 Å². The number of aryl methyl sites for hydroxylation is 1. The zero-order valence-corrected chi connectivity index (χ0v) is 14.6. The summed E-state index contributed by atoms with van der Waals surface area (Å²) in [4.78, 5) is 0. The molecule has 0 radical (unpaired) electrons. The van der Waals surface area contributed by atoms with Crippen LogP contribution in [0.3, 0.4) is 0 Å². The molecule has 0 aliphatic heterocycles. The molecule has 0 saturated heterocycles. The fourth-order valence-electron chi connectivity index (χ4n) is 5.63. The van der Waals surface area contributed by atoms with Gasteiger partial charge >= 0.3 is 0 Å². The molecule has 1 aromatic heterocycles. The maximum atomic E-state index is 10.8. The molecule has 2 fully saturated rings. The number of rotatable bonds is 3. The lowest BCUT2D eigenvalue weighted by molar-refractivity contribution is -0.168. The highest BCUT2D eigenvalue weighted by Crippen LogP contribution is 2.61. The van der Waals surface area contributed by atoms with E-state index in [0.29, 0.717) is 12.3 Å². The van der Waals surface area contributed by atoms with E-state index in [2.05, 4.69) is 27.4 Å². The Balaban J connectivity index is 1.88. The van der Waals surface area contributed by atoms with Crippen molar-refractivity contribution in [3.8, 4) is 0 Å². The van der Waals surface area contributed by atoms with Crippen LogP contribution in [0.15, 0.2) is 35.2 Å². The zero-order valence-electron chi connectivity index (χ0n) is 14.6. The zero-order chi connectivity index (χ0) is 16.8. The lowest BCUT2D eigenvalue weighted by Crippen LogP contribution is -2.59. The Bertz CT molecular complexity index is 559. The van der Waals surface area contributed by atoms with Crippen molar-refractivity contribution in [1.82, 2.24) is 0 Å². The number of aliphatic hydroxyl groups is 2. The van der Waals surface area contributed by atoms with E-state index in [0.717, 1.165) is 25.7 Å². The average molecular weight is 318 g/mol. The van der Waals surface area contributed by atoms with Crippen LogP contribution < -0.4 is 0 Å². The lowest BCUT2D eigenvalue weighted by atomic mass is 9.45. The van der Waals surface area contributed by atoms with E-state index in [1.807, 2.05) is 12.3 Å².